The number of aromatic nitrogens is 3. The lowest BCUT2D eigenvalue weighted by molar-refractivity contribution is 0.432. The highest BCUT2D eigenvalue weighted by Gasteiger charge is 2.24. The molecule has 24 heavy (non-hydrogen) atoms. The Morgan fingerprint density at radius 3 is 2.67 bits per heavy atom. The minimum absolute atomic E-state index is 0.133. The number of fused-ring (bicyclic) bond motifs is 1. The Morgan fingerprint density at radius 2 is 1.92 bits per heavy atom. The lowest BCUT2D eigenvalue weighted by Gasteiger charge is -2.11. The van der Waals surface area contributed by atoms with Crippen molar-refractivity contribution in [3.8, 4) is 22.8 Å². The Labute approximate surface area is 139 Å². The first-order valence-electron chi connectivity index (χ1n) is 7.94. The lowest BCUT2D eigenvalue weighted by atomic mass is 9.95. The van der Waals surface area contributed by atoms with Gasteiger partial charge in [0.2, 0.25) is 5.82 Å². The minimum atomic E-state index is 0.133. The van der Waals surface area contributed by atoms with Crippen molar-refractivity contribution in [1.82, 2.24) is 15.1 Å². The Morgan fingerprint density at radius 1 is 1.08 bits per heavy atom. The molecule has 3 heterocycles. The number of hydrogen-bond donors (Lipinski definition) is 0. The molecule has 6 heteroatoms. The quantitative estimate of drug-likeness (QED) is 0.688. The third-order valence-electron chi connectivity index (χ3n) is 4.11. The largest absolute Gasteiger partial charge is 0.334 e. The minimum Gasteiger partial charge on any atom is -0.334 e. The zero-order valence-corrected chi connectivity index (χ0v) is 13.8. The van der Waals surface area contributed by atoms with Crippen LogP contribution in [0.5, 0.6) is 0 Å². The summed E-state index contributed by atoms with van der Waals surface area (Å²) in [6, 6.07) is 9.98. The van der Waals surface area contributed by atoms with Crippen LogP contribution in [-0.2, 0) is 0 Å². The highest BCUT2D eigenvalue weighted by molar-refractivity contribution is 5.66. The molecule has 0 amide bonds. The van der Waals surface area contributed by atoms with Crippen molar-refractivity contribution in [2.45, 2.75) is 26.8 Å². The van der Waals surface area contributed by atoms with Crippen LogP contribution in [0.2, 0.25) is 0 Å². The molecule has 1 unspecified atom stereocenters. The van der Waals surface area contributed by atoms with Crippen LogP contribution >= 0.6 is 0 Å². The van der Waals surface area contributed by atoms with Crippen molar-refractivity contribution < 1.29 is 4.52 Å². The summed E-state index contributed by atoms with van der Waals surface area (Å²) < 4.78 is 5.37. The molecule has 2 aromatic heterocycles. The van der Waals surface area contributed by atoms with Crippen molar-refractivity contribution in [3.63, 3.8) is 0 Å². The molecule has 0 N–H and O–H groups in total. The van der Waals surface area contributed by atoms with Gasteiger partial charge in [-0.3, -0.25) is 4.98 Å². The second-order valence-electron chi connectivity index (χ2n) is 6.29. The Bertz CT molecular complexity index is 911. The van der Waals surface area contributed by atoms with Gasteiger partial charge in [0.05, 0.1) is 11.3 Å². The number of pyridine rings is 1. The fourth-order valence-electron chi connectivity index (χ4n) is 2.75. The van der Waals surface area contributed by atoms with Gasteiger partial charge < -0.3 is 4.52 Å². The van der Waals surface area contributed by atoms with E-state index in [1.165, 1.54) is 0 Å². The van der Waals surface area contributed by atoms with Gasteiger partial charge in [0.25, 0.3) is 5.89 Å². The van der Waals surface area contributed by atoms with E-state index in [0.717, 1.165) is 28.1 Å². The maximum atomic E-state index is 5.37. The van der Waals surface area contributed by atoms with E-state index >= 15 is 0 Å². The number of hydrogen-bond acceptors (Lipinski definition) is 6. The third-order valence-corrected chi connectivity index (χ3v) is 4.11. The molecule has 1 aromatic carbocycles. The summed E-state index contributed by atoms with van der Waals surface area (Å²) in [6.07, 6.45) is 1.73. The van der Waals surface area contributed by atoms with Gasteiger partial charge in [-0.25, -0.2) is 0 Å². The first-order chi connectivity index (χ1) is 11.6. The van der Waals surface area contributed by atoms with E-state index in [9.17, 15) is 0 Å². The fraction of sp³-hybridized carbons (Fsp3) is 0.278. The molecule has 1 atom stereocenters. The van der Waals surface area contributed by atoms with Crippen molar-refractivity contribution >= 4 is 5.69 Å². The molecule has 3 aromatic rings. The third kappa shape index (κ3) is 2.50. The van der Waals surface area contributed by atoms with E-state index in [1.54, 1.807) is 6.20 Å². The molecule has 0 saturated heterocycles. The van der Waals surface area contributed by atoms with E-state index in [0.29, 0.717) is 17.6 Å². The van der Waals surface area contributed by atoms with Gasteiger partial charge in [-0.15, -0.1) is 0 Å². The molecule has 0 saturated carbocycles. The molecule has 0 fully saturated rings. The van der Waals surface area contributed by atoms with Crippen LogP contribution in [0.25, 0.3) is 22.8 Å². The normalized spacial score (nSPS) is 15.9. The van der Waals surface area contributed by atoms with Crippen molar-refractivity contribution in [2.75, 3.05) is 0 Å². The number of rotatable bonds is 3. The molecule has 1 aliphatic heterocycles. The molecule has 1 aliphatic rings. The average molecular weight is 319 g/mol. The van der Waals surface area contributed by atoms with Crippen LogP contribution in [0.3, 0.4) is 0 Å². The molecule has 0 aliphatic carbocycles. The van der Waals surface area contributed by atoms with E-state index < -0.39 is 0 Å². The Kier molecular flexibility index (Phi) is 3.45. The molecular weight excluding hydrogens is 302 g/mol. The molecule has 120 valence electrons. The van der Waals surface area contributed by atoms with Crippen LogP contribution in [0.15, 0.2) is 51.3 Å². The molecule has 0 spiro atoms. The van der Waals surface area contributed by atoms with E-state index in [-0.39, 0.29) is 6.04 Å². The summed E-state index contributed by atoms with van der Waals surface area (Å²) in [5.74, 6) is 1.42. The highest BCUT2D eigenvalue weighted by atomic mass is 16.5. The van der Waals surface area contributed by atoms with Crippen molar-refractivity contribution in [2.24, 2.45) is 16.1 Å². The van der Waals surface area contributed by atoms with Crippen LogP contribution in [-0.4, -0.2) is 15.1 Å². The first-order valence-corrected chi connectivity index (χ1v) is 7.94. The summed E-state index contributed by atoms with van der Waals surface area (Å²) in [7, 11) is 0. The van der Waals surface area contributed by atoms with E-state index in [4.69, 9.17) is 4.52 Å². The second kappa shape index (κ2) is 5.63. The Hall–Kier alpha value is -2.89. The number of aryl methyl sites for hydroxylation is 1. The topological polar surface area (TPSA) is 76.5 Å². The molecule has 4 rings (SSSR count). The summed E-state index contributed by atoms with van der Waals surface area (Å²) in [4.78, 5) is 8.72. The molecule has 0 radical (unpaired) electrons. The van der Waals surface area contributed by atoms with Gasteiger partial charge in [0.1, 0.15) is 6.04 Å². The lowest BCUT2D eigenvalue weighted by Crippen LogP contribution is -2.00. The van der Waals surface area contributed by atoms with Crippen LogP contribution in [0.1, 0.15) is 31.1 Å². The number of benzene rings is 1. The second-order valence-corrected chi connectivity index (χ2v) is 6.29. The smallest absolute Gasteiger partial charge is 0.259 e. The summed E-state index contributed by atoms with van der Waals surface area (Å²) in [5.41, 5.74) is 4.66. The summed E-state index contributed by atoms with van der Waals surface area (Å²) in [6.45, 7) is 6.23. The average Bonchev–Trinajstić information content (AvgIpc) is 3.22. The van der Waals surface area contributed by atoms with Gasteiger partial charge in [-0.2, -0.15) is 15.2 Å². The molecule has 6 nitrogen and oxygen atoms in total. The zero-order chi connectivity index (χ0) is 16.7. The summed E-state index contributed by atoms with van der Waals surface area (Å²) in [5, 5.41) is 12.7. The summed E-state index contributed by atoms with van der Waals surface area (Å²) >= 11 is 0. The monoisotopic (exact) mass is 319 g/mol. The predicted molar refractivity (Wildman–Crippen MR) is 89.8 cm³/mol. The number of nitrogens with zero attached hydrogens (tertiary/aromatic N) is 5. The highest BCUT2D eigenvalue weighted by Crippen LogP contribution is 2.41. The van der Waals surface area contributed by atoms with Crippen LogP contribution in [0, 0.1) is 12.8 Å². The fourth-order valence-corrected chi connectivity index (χ4v) is 2.75. The standard InChI is InChI=1S/C18H17N5O/c1-10(2)16-14-7-6-12(8-15(14)21-22-16)17-20-18(24-23-17)13-5-4-11(3)19-9-13/h4-10,16H,1-3H3. The predicted octanol–water partition coefficient (Wildman–Crippen LogP) is 4.90. The Balaban J connectivity index is 1.66. The van der Waals surface area contributed by atoms with Crippen molar-refractivity contribution in [3.05, 3.63) is 47.8 Å². The van der Waals surface area contributed by atoms with Crippen LogP contribution in [0.4, 0.5) is 5.69 Å². The van der Waals surface area contributed by atoms with Gasteiger partial charge >= 0.3 is 0 Å². The van der Waals surface area contributed by atoms with Gasteiger partial charge in [0, 0.05) is 23.0 Å². The van der Waals surface area contributed by atoms with Gasteiger partial charge in [-0.1, -0.05) is 31.1 Å². The van der Waals surface area contributed by atoms with Gasteiger partial charge in [0.15, 0.2) is 0 Å². The van der Waals surface area contributed by atoms with Gasteiger partial charge in [-0.05, 0) is 31.0 Å². The SMILES string of the molecule is Cc1ccc(-c2nc(-c3ccc4c(c3)N=NC4C(C)C)no2)cn1. The van der Waals surface area contributed by atoms with Crippen molar-refractivity contribution in [1.29, 1.82) is 0 Å². The molecule has 0 bridgehead atoms. The maximum Gasteiger partial charge on any atom is 0.259 e. The van der Waals surface area contributed by atoms with E-state index in [1.807, 2.05) is 31.2 Å². The van der Waals surface area contributed by atoms with E-state index in [2.05, 4.69) is 45.3 Å². The maximum absolute atomic E-state index is 5.37. The molecular formula is C18H17N5O. The zero-order valence-electron chi connectivity index (χ0n) is 13.8. The number of azo groups is 1. The first kappa shape index (κ1) is 14.7. The van der Waals surface area contributed by atoms with Crippen LogP contribution < -0.4 is 0 Å².